The number of nitrogens with one attached hydrogen (secondary N) is 2. The minimum atomic E-state index is -3.61. The third-order valence-corrected chi connectivity index (χ3v) is 5.73. The molecular formula is C19H29N3O5S. The zero-order chi connectivity index (χ0) is 20.8. The standard InChI is InChI=1S/C19H29N3O5S/c1-19(2,3)27-18(24)21-15-10-13-22(14-11-15)17(23)9-12-20-28(25,26)16-7-5-4-6-8-16/h4-8,15,20H,9-14H2,1-3H3,(H,21,24). The smallest absolute Gasteiger partial charge is 0.407 e. The molecule has 1 fully saturated rings. The Labute approximate surface area is 166 Å². The summed E-state index contributed by atoms with van der Waals surface area (Å²) in [5.74, 6) is -0.105. The number of carbonyl (C=O) groups excluding carboxylic acids is 2. The van der Waals surface area contributed by atoms with Crippen LogP contribution >= 0.6 is 0 Å². The highest BCUT2D eigenvalue weighted by atomic mass is 32.2. The quantitative estimate of drug-likeness (QED) is 0.744. The first-order valence-corrected chi connectivity index (χ1v) is 10.9. The van der Waals surface area contributed by atoms with Crippen LogP contribution in [0.4, 0.5) is 4.79 Å². The summed E-state index contributed by atoms with van der Waals surface area (Å²) in [6.07, 6.45) is 0.921. The highest BCUT2D eigenvalue weighted by Gasteiger charge is 2.25. The summed E-state index contributed by atoms with van der Waals surface area (Å²) < 4.78 is 32.0. The van der Waals surface area contributed by atoms with Gasteiger partial charge < -0.3 is 15.0 Å². The summed E-state index contributed by atoms with van der Waals surface area (Å²) in [6.45, 7) is 6.50. The summed E-state index contributed by atoms with van der Waals surface area (Å²) in [7, 11) is -3.61. The van der Waals surface area contributed by atoms with Crippen molar-refractivity contribution in [1.82, 2.24) is 14.9 Å². The fourth-order valence-electron chi connectivity index (χ4n) is 2.88. The average molecular weight is 412 g/mol. The van der Waals surface area contributed by atoms with Gasteiger partial charge in [-0.15, -0.1) is 0 Å². The van der Waals surface area contributed by atoms with Crippen molar-refractivity contribution in [2.24, 2.45) is 0 Å². The monoisotopic (exact) mass is 411 g/mol. The van der Waals surface area contributed by atoms with E-state index in [0.29, 0.717) is 25.9 Å². The first-order valence-electron chi connectivity index (χ1n) is 9.39. The maximum Gasteiger partial charge on any atom is 0.407 e. The topological polar surface area (TPSA) is 105 Å². The van der Waals surface area contributed by atoms with Crippen LogP contribution in [0.3, 0.4) is 0 Å². The summed E-state index contributed by atoms with van der Waals surface area (Å²) >= 11 is 0. The second-order valence-corrected chi connectivity index (χ2v) is 9.53. The van der Waals surface area contributed by atoms with Crippen LogP contribution in [0.2, 0.25) is 0 Å². The average Bonchev–Trinajstić information content (AvgIpc) is 2.61. The van der Waals surface area contributed by atoms with Crippen molar-refractivity contribution < 1.29 is 22.7 Å². The third-order valence-electron chi connectivity index (χ3n) is 4.25. The lowest BCUT2D eigenvalue weighted by Crippen LogP contribution is -2.48. The Kier molecular flexibility index (Phi) is 7.42. The number of hydrogen-bond donors (Lipinski definition) is 2. The number of carbonyl (C=O) groups is 2. The normalized spacial score (nSPS) is 15.9. The van der Waals surface area contributed by atoms with Crippen LogP contribution in [0.1, 0.15) is 40.0 Å². The van der Waals surface area contributed by atoms with Crippen molar-refractivity contribution in [3.63, 3.8) is 0 Å². The van der Waals surface area contributed by atoms with Crippen LogP contribution in [0.25, 0.3) is 0 Å². The number of sulfonamides is 1. The van der Waals surface area contributed by atoms with E-state index in [9.17, 15) is 18.0 Å². The number of ether oxygens (including phenoxy) is 1. The number of likely N-dealkylation sites (tertiary alicyclic amines) is 1. The van der Waals surface area contributed by atoms with Gasteiger partial charge in [-0.1, -0.05) is 18.2 Å². The second-order valence-electron chi connectivity index (χ2n) is 7.76. The van der Waals surface area contributed by atoms with Crippen LogP contribution in [0.5, 0.6) is 0 Å². The number of amides is 2. The number of nitrogens with zero attached hydrogens (tertiary/aromatic N) is 1. The van der Waals surface area contributed by atoms with Gasteiger partial charge in [0.25, 0.3) is 0 Å². The third kappa shape index (κ3) is 7.12. The second kappa shape index (κ2) is 9.38. The number of hydrogen-bond acceptors (Lipinski definition) is 5. The van der Waals surface area contributed by atoms with E-state index in [0.717, 1.165) is 0 Å². The predicted molar refractivity (Wildman–Crippen MR) is 105 cm³/mol. The van der Waals surface area contributed by atoms with Gasteiger partial charge in [0.15, 0.2) is 0 Å². The first-order chi connectivity index (χ1) is 13.1. The molecule has 156 valence electrons. The summed E-state index contributed by atoms with van der Waals surface area (Å²) in [6, 6.07) is 8.02. The molecule has 2 rings (SSSR count). The summed E-state index contributed by atoms with van der Waals surface area (Å²) in [4.78, 5) is 26.0. The van der Waals surface area contributed by atoms with Crippen LogP contribution in [-0.2, 0) is 19.6 Å². The molecule has 1 aromatic rings. The van der Waals surface area contributed by atoms with Gasteiger partial charge in [-0.05, 0) is 45.7 Å². The van der Waals surface area contributed by atoms with Gasteiger partial charge in [-0.2, -0.15) is 0 Å². The number of rotatable bonds is 6. The van der Waals surface area contributed by atoms with E-state index in [1.54, 1.807) is 43.9 Å². The van der Waals surface area contributed by atoms with Crippen LogP contribution in [0, 0.1) is 0 Å². The molecule has 2 N–H and O–H groups in total. The molecule has 2 amide bonds. The lowest BCUT2D eigenvalue weighted by Gasteiger charge is -2.33. The van der Waals surface area contributed by atoms with Gasteiger partial charge in [-0.3, -0.25) is 4.79 Å². The van der Waals surface area contributed by atoms with Gasteiger partial charge in [0.1, 0.15) is 5.60 Å². The first kappa shape index (κ1) is 22.2. The van der Waals surface area contributed by atoms with Crippen LogP contribution < -0.4 is 10.0 Å². The van der Waals surface area contributed by atoms with Gasteiger partial charge in [0.2, 0.25) is 15.9 Å². The molecule has 1 heterocycles. The minimum absolute atomic E-state index is 0.0320. The van der Waals surface area contributed by atoms with Crippen molar-refractivity contribution in [3.05, 3.63) is 30.3 Å². The maximum atomic E-state index is 12.3. The van der Waals surface area contributed by atoms with Crippen LogP contribution in [0.15, 0.2) is 35.2 Å². The Morgan fingerprint density at radius 1 is 1.14 bits per heavy atom. The van der Waals surface area contributed by atoms with Crippen molar-refractivity contribution in [1.29, 1.82) is 0 Å². The largest absolute Gasteiger partial charge is 0.444 e. The SMILES string of the molecule is CC(C)(C)OC(=O)NC1CCN(C(=O)CCNS(=O)(=O)c2ccccc2)CC1. The molecule has 8 nitrogen and oxygen atoms in total. The van der Waals surface area contributed by atoms with E-state index >= 15 is 0 Å². The lowest BCUT2D eigenvalue weighted by molar-refractivity contribution is -0.132. The molecule has 0 aliphatic carbocycles. The van der Waals surface area contributed by atoms with E-state index < -0.39 is 21.7 Å². The molecule has 0 bridgehead atoms. The molecule has 1 aliphatic rings. The van der Waals surface area contributed by atoms with E-state index in [1.807, 2.05) is 0 Å². The van der Waals surface area contributed by atoms with Crippen molar-refractivity contribution in [3.8, 4) is 0 Å². The maximum absolute atomic E-state index is 12.3. The van der Waals surface area contributed by atoms with Crippen molar-refractivity contribution in [2.45, 2.75) is 56.6 Å². The fraction of sp³-hybridized carbons (Fsp3) is 0.579. The molecule has 0 atom stereocenters. The summed E-state index contributed by atoms with van der Waals surface area (Å²) in [5, 5.41) is 2.83. The van der Waals surface area contributed by atoms with Crippen LogP contribution in [-0.4, -0.2) is 56.6 Å². The molecular weight excluding hydrogens is 382 g/mol. The molecule has 28 heavy (non-hydrogen) atoms. The van der Waals surface area contributed by atoms with E-state index in [1.165, 1.54) is 12.1 Å². The molecule has 0 radical (unpaired) electrons. The molecule has 0 spiro atoms. The highest BCUT2D eigenvalue weighted by Crippen LogP contribution is 2.13. The number of alkyl carbamates (subject to hydrolysis) is 1. The number of benzene rings is 1. The van der Waals surface area contributed by atoms with Gasteiger partial charge in [0, 0.05) is 32.1 Å². The van der Waals surface area contributed by atoms with Crippen molar-refractivity contribution >= 4 is 22.0 Å². The molecule has 1 saturated heterocycles. The van der Waals surface area contributed by atoms with E-state index in [-0.39, 0.29) is 29.8 Å². The van der Waals surface area contributed by atoms with Gasteiger partial charge >= 0.3 is 6.09 Å². The minimum Gasteiger partial charge on any atom is -0.444 e. The zero-order valence-corrected chi connectivity index (χ0v) is 17.4. The fourth-order valence-corrected chi connectivity index (χ4v) is 3.93. The molecule has 1 aromatic carbocycles. The van der Waals surface area contributed by atoms with E-state index in [2.05, 4.69) is 10.0 Å². The Morgan fingerprint density at radius 3 is 2.32 bits per heavy atom. The Balaban J connectivity index is 1.71. The molecule has 0 saturated carbocycles. The summed E-state index contributed by atoms with van der Waals surface area (Å²) in [5.41, 5.74) is -0.548. The predicted octanol–water partition coefficient (Wildman–Crippen LogP) is 1.87. The Bertz CT molecular complexity index is 767. The molecule has 1 aliphatic heterocycles. The molecule has 0 unspecified atom stereocenters. The zero-order valence-electron chi connectivity index (χ0n) is 16.6. The Morgan fingerprint density at radius 2 is 1.75 bits per heavy atom. The van der Waals surface area contributed by atoms with Gasteiger partial charge in [-0.25, -0.2) is 17.9 Å². The lowest BCUT2D eigenvalue weighted by atomic mass is 10.0. The van der Waals surface area contributed by atoms with E-state index in [4.69, 9.17) is 4.74 Å². The van der Waals surface area contributed by atoms with Crippen molar-refractivity contribution in [2.75, 3.05) is 19.6 Å². The molecule has 9 heteroatoms. The highest BCUT2D eigenvalue weighted by molar-refractivity contribution is 7.89. The number of piperidine rings is 1. The Hall–Kier alpha value is -2.13. The molecule has 0 aromatic heterocycles. The van der Waals surface area contributed by atoms with Gasteiger partial charge in [0.05, 0.1) is 4.90 Å².